The molecule has 7 nitrogen and oxygen atoms in total. The van der Waals surface area contributed by atoms with Gasteiger partial charge in [-0.1, -0.05) is 0 Å². The van der Waals surface area contributed by atoms with Crippen molar-refractivity contribution in [1.29, 1.82) is 0 Å². The van der Waals surface area contributed by atoms with Gasteiger partial charge in [0.25, 0.3) is 5.91 Å². The maximum absolute atomic E-state index is 12.9. The molecule has 178 valence electrons. The molecule has 0 bridgehead atoms. The number of carbonyl (C=O) groups excluding carboxylic acids is 1. The van der Waals surface area contributed by atoms with Gasteiger partial charge in [-0.2, -0.15) is 0 Å². The fourth-order valence-corrected chi connectivity index (χ4v) is 4.07. The van der Waals surface area contributed by atoms with Crippen molar-refractivity contribution in [3.8, 4) is 11.4 Å². The number of hydrogen-bond acceptors (Lipinski definition) is 4. The first-order chi connectivity index (χ1) is 16.7. The van der Waals surface area contributed by atoms with E-state index in [-0.39, 0.29) is 11.7 Å². The van der Waals surface area contributed by atoms with Gasteiger partial charge in [0.15, 0.2) is 5.65 Å². The molecule has 0 spiro atoms. The van der Waals surface area contributed by atoms with Gasteiger partial charge in [-0.05, 0) is 67.1 Å². The van der Waals surface area contributed by atoms with Crippen LogP contribution in [-0.4, -0.2) is 31.4 Å². The summed E-state index contributed by atoms with van der Waals surface area (Å²) in [7, 11) is 1.88. The van der Waals surface area contributed by atoms with Crippen molar-refractivity contribution in [2.24, 2.45) is 7.05 Å². The Kier molecular flexibility index (Phi) is 5.43. The Labute approximate surface area is 197 Å². The highest BCUT2D eigenvalue weighted by atomic mass is 19.4. The Bertz CT molecular complexity index is 1540. The lowest BCUT2D eigenvalue weighted by Gasteiger charge is -2.11. The molecule has 0 unspecified atom stereocenters. The summed E-state index contributed by atoms with van der Waals surface area (Å²) < 4.78 is 45.4. The van der Waals surface area contributed by atoms with Crippen molar-refractivity contribution in [2.75, 3.05) is 0 Å². The number of aromatic nitrogens is 4. The van der Waals surface area contributed by atoms with Crippen molar-refractivity contribution in [1.82, 2.24) is 24.4 Å². The number of ether oxygens (including phenoxy) is 1. The van der Waals surface area contributed by atoms with E-state index in [0.29, 0.717) is 23.4 Å². The Morgan fingerprint density at radius 2 is 1.77 bits per heavy atom. The fourth-order valence-electron chi connectivity index (χ4n) is 4.07. The molecule has 10 heteroatoms. The normalized spacial score (nSPS) is 11.8. The van der Waals surface area contributed by atoms with Gasteiger partial charge in [0.2, 0.25) is 0 Å². The van der Waals surface area contributed by atoms with E-state index in [1.807, 2.05) is 41.3 Å². The van der Waals surface area contributed by atoms with Gasteiger partial charge in [0, 0.05) is 42.6 Å². The van der Waals surface area contributed by atoms with Gasteiger partial charge in [0.1, 0.15) is 11.6 Å². The standard InChI is InChI=1S/C25H20F3N5O2/c1-15-31-23-22(32(15)2)20-13-17(24(34)30-14-16-9-11-29-12-10-16)3-8-21(20)33(23)18-4-6-19(7-5-18)35-25(26,27)28/h3-13H,14H2,1-2H3,(H,30,34). The van der Waals surface area contributed by atoms with Gasteiger partial charge in [0.05, 0.1) is 11.0 Å². The number of carbonyl (C=O) groups is 1. The smallest absolute Gasteiger partial charge is 0.406 e. The lowest BCUT2D eigenvalue weighted by molar-refractivity contribution is -0.274. The van der Waals surface area contributed by atoms with Crippen LogP contribution in [0.3, 0.4) is 0 Å². The van der Waals surface area contributed by atoms with Crippen LogP contribution in [0.1, 0.15) is 21.7 Å². The minimum absolute atomic E-state index is 0.225. The monoisotopic (exact) mass is 479 g/mol. The molecule has 0 atom stereocenters. The van der Waals surface area contributed by atoms with Crippen LogP contribution in [0.25, 0.3) is 27.8 Å². The maximum atomic E-state index is 12.9. The predicted octanol–water partition coefficient (Wildman–Crippen LogP) is 5.05. The molecule has 1 amide bonds. The minimum Gasteiger partial charge on any atom is -0.406 e. The molecule has 0 aliphatic rings. The molecule has 0 aliphatic heterocycles. The molecule has 2 aromatic carbocycles. The van der Waals surface area contributed by atoms with Crippen LogP contribution in [0.5, 0.6) is 5.75 Å². The summed E-state index contributed by atoms with van der Waals surface area (Å²) in [6.07, 6.45) is -1.43. The van der Waals surface area contributed by atoms with Crippen LogP contribution in [0.4, 0.5) is 13.2 Å². The molecular formula is C25H20F3N5O2. The van der Waals surface area contributed by atoms with E-state index in [1.54, 1.807) is 36.7 Å². The van der Waals surface area contributed by atoms with Crippen molar-refractivity contribution >= 4 is 28.0 Å². The molecule has 5 rings (SSSR count). The summed E-state index contributed by atoms with van der Waals surface area (Å²) >= 11 is 0. The molecule has 0 aliphatic carbocycles. The average Bonchev–Trinajstić information content (AvgIpc) is 3.30. The van der Waals surface area contributed by atoms with Crippen molar-refractivity contribution in [2.45, 2.75) is 19.8 Å². The number of fused-ring (bicyclic) bond motifs is 3. The number of aryl methyl sites for hydroxylation is 2. The highest BCUT2D eigenvalue weighted by molar-refractivity contribution is 6.09. The highest BCUT2D eigenvalue weighted by Crippen LogP contribution is 2.33. The Hall–Kier alpha value is -4.34. The molecule has 1 N–H and O–H groups in total. The third-order valence-electron chi connectivity index (χ3n) is 5.80. The third kappa shape index (κ3) is 4.30. The summed E-state index contributed by atoms with van der Waals surface area (Å²) in [6, 6.07) is 14.6. The van der Waals surface area contributed by atoms with Crippen LogP contribution in [-0.2, 0) is 13.6 Å². The van der Waals surface area contributed by atoms with E-state index in [4.69, 9.17) is 0 Å². The zero-order valence-electron chi connectivity index (χ0n) is 18.8. The third-order valence-corrected chi connectivity index (χ3v) is 5.80. The van der Waals surface area contributed by atoms with E-state index in [9.17, 15) is 18.0 Å². The fraction of sp³-hybridized carbons (Fsp3) is 0.160. The van der Waals surface area contributed by atoms with E-state index in [1.165, 1.54) is 12.1 Å². The topological polar surface area (TPSA) is 74.0 Å². The largest absolute Gasteiger partial charge is 0.573 e. The zero-order valence-corrected chi connectivity index (χ0v) is 18.8. The number of rotatable bonds is 5. The average molecular weight is 479 g/mol. The van der Waals surface area contributed by atoms with E-state index in [2.05, 4.69) is 20.0 Å². The van der Waals surface area contributed by atoms with Crippen LogP contribution < -0.4 is 10.1 Å². The van der Waals surface area contributed by atoms with Crippen LogP contribution in [0, 0.1) is 6.92 Å². The molecule has 3 aromatic heterocycles. The number of amides is 1. The van der Waals surface area contributed by atoms with Crippen molar-refractivity contribution in [3.05, 3.63) is 83.9 Å². The molecule has 0 saturated heterocycles. The summed E-state index contributed by atoms with van der Waals surface area (Å²) in [4.78, 5) is 21.5. The summed E-state index contributed by atoms with van der Waals surface area (Å²) in [5, 5.41) is 3.71. The van der Waals surface area contributed by atoms with Gasteiger partial charge < -0.3 is 14.6 Å². The van der Waals surface area contributed by atoms with Gasteiger partial charge in [-0.3, -0.25) is 14.3 Å². The Morgan fingerprint density at radius 1 is 1.06 bits per heavy atom. The zero-order chi connectivity index (χ0) is 24.7. The first-order valence-corrected chi connectivity index (χ1v) is 10.7. The molecule has 0 fully saturated rings. The number of imidazole rings is 1. The lowest BCUT2D eigenvalue weighted by atomic mass is 10.1. The summed E-state index contributed by atoms with van der Waals surface area (Å²) in [5.74, 6) is 0.228. The maximum Gasteiger partial charge on any atom is 0.573 e. The van der Waals surface area contributed by atoms with E-state index in [0.717, 1.165) is 27.8 Å². The second-order valence-electron chi connectivity index (χ2n) is 8.04. The number of pyridine rings is 1. The van der Waals surface area contributed by atoms with Gasteiger partial charge in [-0.15, -0.1) is 13.2 Å². The van der Waals surface area contributed by atoms with Gasteiger partial charge >= 0.3 is 6.36 Å². The SMILES string of the molecule is Cc1nc2c(c3cc(C(=O)NCc4ccncc4)ccc3n2-c2ccc(OC(F)(F)F)cc2)n1C. The van der Waals surface area contributed by atoms with Crippen molar-refractivity contribution in [3.63, 3.8) is 0 Å². The molecule has 35 heavy (non-hydrogen) atoms. The van der Waals surface area contributed by atoms with E-state index >= 15 is 0 Å². The second kappa shape index (κ2) is 8.46. The summed E-state index contributed by atoms with van der Waals surface area (Å²) in [5.41, 5.74) is 4.26. The number of hydrogen-bond donors (Lipinski definition) is 1. The lowest BCUT2D eigenvalue weighted by Crippen LogP contribution is -2.22. The number of benzene rings is 2. The number of nitrogens with zero attached hydrogens (tertiary/aromatic N) is 4. The number of nitrogens with one attached hydrogen (secondary N) is 1. The molecular weight excluding hydrogens is 459 g/mol. The first-order valence-electron chi connectivity index (χ1n) is 10.7. The molecule has 5 aromatic rings. The van der Waals surface area contributed by atoms with Gasteiger partial charge in [-0.25, -0.2) is 4.98 Å². The number of halogens is 3. The Balaban J connectivity index is 1.55. The molecule has 0 radical (unpaired) electrons. The molecule has 3 heterocycles. The van der Waals surface area contributed by atoms with Crippen molar-refractivity contribution < 1.29 is 22.7 Å². The quantitative estimate of drug-likeness (QED) is 0.383. The van der Waals surface area contributed by atoms with Crippen LogP contribution in [0.2, 0.25) is 0 Å². The second-order valence-corrected chi connectivity index (χ2v) is 8.04. The first kappa shape index (κ1) is 22.5. The van der Waals surface area contributed by atoms with Crippen LogP contribution in [0.15, 0.2) is 67.0 Å². The van der Waals surface area contributed by atoms with E-state index < -0.39 is 6.36 Å². The number of alkyl halides is 3. The summed E-state index contributed by atoms with van der Waals surface area (Å²) in [6.45, 7) is 2.23. The van der Waals surface area contributed by atoms with Crippen LogP contribution >= 0.6 is 0 Å². The highest BCUT2D eigenvalue weighted by Gasteiger charge is 2.31. The minimum atomic E-state index is -4.76. The Morgan fingerprint density at radius 3 is 2.46 bits per heavy atom. The predicted molar refractivity (Wildman–Crippen MR) is 124 cm³/mol. The molecule has 0 saturated carbocycles.